The van der Waals surface area contributed by atoms with E-state index in [9.17, 15) is 9.59 Å². The number of aliphatic carboxylic acids is 1. The number of hydrogen-bond acceptors (Lipinski definition) is 3. The number of carbonyl (C=O) groups excluding carboxylic acids is 1. The Morgan fingerprint density at radius 3 is 2.66 bits per heavy atom. The molecule has 0 bridgehead atoms. The molecule has 2 rings (SSSR count). The fourth-order valence-corrected chi connectivity index (χ4v) is 4.06. The molecular formula is C23H32ClN5O3. The van der Waals surface area contributed by atoms with Crippen molar-refractivity contribution in [3.63, 3.8) is 0 Å². The first kappa shape index (κ1) is 25.6. The lowest BCUT2D eigenvalue weighted by molar-refractivity contribution is -0.137. The average Bonchev–Trinajstić information content (AvgIpc) is 2.69. The first-order valence-corrected chi connectivity index (χ1v) is 11.1. The minimum Gasteiger partial charge on any atom is -0.481 e. The van der Waals surface area contributed by atoms with Gasteiger partial charge in [-0.05, 0) is 59.4 Å². The molecule has 2 N–H and O–H groups in total. The Labute approximate surface area is 194 Å². The first-order valence-electron chi connectivity index (χ1n) is 10.7. The molecule has 2 amide bonds. The maximum absolute atomic E-state index is 12.8. The number of nitrogens with one attached hydrogen (secondary N) is 1. The van der Waals surface area contributed by atoms with Crippen LogP contribution < -0.4 is 5.32 Å². The van der Waals surface area contributed by atoms with Crippen LogP contribution in [0.25, 0.3) is 10.4 Å². The summed E-state index contributed by atoms with van der Waals surface area (Å²) in [5.41, 5.74) is 10.7. The summed E-state index contributed by atoms with van der Waals surface area (Å²) in [5, 5.41) is 16.4. The van der Waals surface area contributed by atoms with E-state index in [4.69, 9.17) is 22.2 Å². The van der Waals surface area contributed by atoms with Crippen molar-refractivity contribution in [1.82, 2.24) is 10.2 Å². The van der Waals surface area contributed by atoms with Crippen molar-refractivity contribution in [2.75, 3.05) is 13.1 Å². The molecule has 1 aromatic rings. The lowest BCUT2D eigenvalue weighted by Crippen LogP contribution is -2.55. The molecule has 0 spiro atoms. The standard InChI is InChI=1S/C23H32ClN5O3/c1-15(13-26-28-25)18-14-29(11-9-20(30)31)21(32)27-23(18,5)17-7-6-16(19(24)12-17)8-10-22(2,3)4/h6-7,12,14-15H,8-11,13H2,1-5H3,(H,27,32)(H,30,31)/t15?,23-/m0/s1. The van der Waals surface area contributed by atoms with Crippen LogP contribution in [0.1, 0.15) is 58.6 Å². The van der Waals surface area contributed by atoms with Crippen LogP contribution in [0, 0.1) is 11.3 Å². The molecule has 0 radical (unpaired) electrons. The smallest absolute Gasteiger partial charge is 0.322 e. The molecule has 0 fully saturated rings. The highest BCUT2D eigenvalue weighted by Crippen LogP contribution is 2.39. The van der Waals surface area contributed by atoms with Crippen LogP contribution in [-0.4, -0.2) is 35.1 Å². The topological polar surface area (TPSA) is 118 Å². The van der Waals surface area contributed by atoms with E-state index < -0.39 is 11.5 Å². The molecule has 1 heterocycles. The lowest BCUT2D eigenvalue weighted by Gasteiger charge is -2.42. The number of rotatable bonds is 9. The highest BCUT2D eigenvalue weighted by molar-refractivity contribution is 6.31. The summed E-state index contributed by atoms with van der Waals surface area (Å²) in [6, 6.07) is 5.45. The summed E-state index contributed by atoms with van der Waals surface area (Å²) in [7, 11) is 0. The molecule has 9 heteroatoms. The number of amides is 2. The van der Waals surface area contributed by atoms with E-state index in [-0.39, 0.29) is 36.9 Å². The molecule has 0 saturated carbocycles. The van der Waals surface area contributed by atoms with Crippen LogP contribution >= 0.6 is 11.6 Å². The molecule has 0 aliphatic carbocycles. The van der Waals surface area contributed by atoms with Gasteiger partial charge in [0, 0.05) is 29.2 Å². The number of carboxylic acid groups (broad SMARTS) is 1. The third-order valence-electron chi connectivity index (χ3n) is 5.78. The summed E-state index contributed by atoms with van der Waals surface area (Å²) in [6.07, 6.45) is 3.35. The zero-order chi connectivity index (χ0) is 24.1. The van der Waals surface area contributed by atoms with Crippen LogP contribution in [0.5, 0.6) is 0 Å². The normalized spacial score (nSPS) is 19.6. The SMILES string of the molecule is CC(CN=[N+]=[N-])C1=CN(CCC(=O)O)C(=O)N[C@@]1(C)c1ccc(CCC(C)(C)C)c(Cl)c1. The summed E-state index contributed by atoms with van der Waals surface area (Å²) < 4.78 is 0. The Morgan fingerprint density at radius 2 is 2.09 bits per heavy atom. The molecule has 32 heavy (non-hydrogen) atoms. The summed E-state index contributed by atoms with van der Waals surface area (Å²) in [6.45, 7) is 10.6. The fourth-order valence-electron chi connectivity index (χ4n) is 3.78. The molecule has 2 atom stereocenters. The number of carboxylic acids is 1. The van der Waals surface area contributed by atoms with E-state index in [0.717, 1.165) is 29.5 Å². The number of urea groups is 1. The minimum atomic E-state index is -0.985. The van der Waals surface area contributed by atoms with Crippen LogP contribution in [-0.2, 0) is 16.8 Å². The zero-order valence-electron chi connectivity index (χ0n) is 19.4. The maximum atomic E-state index is 12.8. The van der Waals surface area contributed by atoms with Crippen molar-refractivity contribution in [2.24, 2.45) is 16.4 Å². The second kappa shape index (κ2) is 10.3. The van der Waals surface area contributed by atoms with Gasteiger partial charge < -0.3 is 15.3 Å². The van der Waals surface area contributed by atoms with Crippen molar-refractivity contribution in [2.45, 2.75) is 59.4 Å². The second-order valence-corrected chi connectivity index (χ2v) is 10.1. The van der Waals surface area contributed by atoms with Gasteiger partial charge >= 0.3 is 12.0 Å². The zero-order valence-corrected chi connectivity index (χ0v) is 20.1. The van der Waals surface area contributed by atoms with Gasteiger partial charge in [0.05, 0.1) is 12.0 Å². The third kappa shape index (κ3) is 6.40. The van der Waals surface area contributed by atoms with Gasteiger partial charge in [-0.1, -0.05) is 56.5 Å². The molecule has 0 saturated heterocycles. The van der Waals surface area contributed by atoms with Gasteiger partial charge in [-0.3, -0.25) is 4.79 Å². The molecule has 1 unspecified atom stereocenters. The quantitative estimate of drug-likeness (QED) is 0.272. The van der Waals surface area contributed by atoms with Gasteiger partial charge in [0.25, 0.3) is 0 Å². The summed E-state index contributed by atoms with van der Waals surface area (Å²) >= 11 is 6.63. The lowest BCUT2D eigenvalue weighted by atomic mass is 9.77. The predicted octanol–water partition coefficient (Wildman–Crippen LogP) is 5.86. The molecule has 174 valence electrons. The monoisotopic (exact) mass is 461 g/mol. The van der Waals surface area contributed by atoms with E-state index >= 15 is 0 Å². The van der Waals surface area contributed by atoms with E-state index in [0.29, 0.717) is 5.02 Å². The van der Waals surface area contributed by atoms with E-state index in [1.54, 1.807) is 6.20 Å². The molecule has 1 aromatic carbocycles. The number of aryl methyl sites for hydroxylation is 1. The molecule has 1 aliphatic heterocycles. The third-order valence-corrected chi connectivity index (χ3v) is 6.13. The van der Waals surface area contributed by atoms with Crippen molar-refractivity contribution in [1.29, 1.82) is 0 Å². The van der Waals surface area contributed by atoms with Gasteiger partial charge in [0.15, 0.2) is 0 Å². The maximum Gasteiger partial charge on any atom is 0.322 e. The largest absolute Gasteiger partial charge is 0.481 e. The molecular weight excluding hydrogens is 430 g/mol. The van der Waals surface area contributed by atoms with Gasteiger partial charge in [0.2, 0.25) is 0 Å². The Bertz CT molecular complexity index is 949. The second-order valence-electron chi connectivity index (χ2n) is 9.66. The van der Waals surface area contributed by atoms with Gasteiger partial charge in [-0.2, -0.15) is 0 Å². The summed E-state index contributed by atoms with van der Waals surface area (Å²) in [5.74, 6) is -1.18. The van der Waals surface area contributed by atoms with Gasteiger partial charge in [-0.25, -0.2) is 4.79 Å². The highest BCUT2D eigenvalue weighted by atomic mass is 35.5. The number of hydrogen-bond donors (Lipinski definition) is 2. The summed E-state index contributed by atoms with van der Waals surface area (Å²) in [4.78, 5) is 28.0. The van der Waals surface area contributed by atoms with E-state index in [1.807, 2.05) is 32.0 Å². The van der Waals surface area contributed by atoms with Crippen LogP contribution in [0.2, 0.25) is 5.02 Å². The number of benzene rings is 1. The minimum absolute atomic E-state index is 0.0431. The van der Waals surface area contributed by atoms with Crippen LogP contribution in [0.3, 0.4) is 0 Å². The molecule has 8 nitrogen and oxygen atoms in total. The highest BCUT2D eigenvalue weighted by Gasteiger charge is 2.40. The Hall–Kier alpha value is -2.70. The number of azide groups is 1. The van der Waals surface area contributed by atoms with Gasteiger partial charge in [0.1, 0.15) is 0 Å². The first-order chi connectivity index (χ1) is 14.9. The Kier molecular flexibility index (Phi) is 8.21. The van der Waals surface area contributed by atoms with Crippen molar-refractivity contribution in [3.05, 3.63) is 56.6 Å². The van der Waals surface area contributed by atoms with Crippen LogP contribution in [0.15, 0.2) is 35.1 Å². The molecule has 1 aliphatic rings. The number of nitrogens with zero attached hydrogens (tertiary/aromatic N) is 4. The molecule has 0 aromatic heterocycles. The Balaban J connectivity index is 2.44. The Morgan fingerprint density at radius 1 is 1.41 bits per heavy atom. The van der Waals surface area contributed by atoms with E-state index in [1.165, 1.54) is 4.90 Å². The number of carbonyl (C=O) groups is 2. The fraction of sp³-hybridized carbons (Fsp3) is 0.565. The van der Waals surface area contributed by atoms with Crippen LogP contribution in [0.4, 0.5) is 4.79 Å². The predicted molar refractivity (Wildman–Crippen MR) is 125 cm³/mol. The number of halogens is 1. The van der Waals surface area contributed by atoms with Gasteiger partial charge in [-0.15, -0.1) is 0 Å². The van der Waals surface area contributed by atoms with Crippen molar-refractivity contribution < 1.29 is 14.7 Å². The average molecular weight is 462 g/mol. The van der Waals surface area contributed by atoms with Crippen molar-refractivity contribution >= 4 is 23.6 Å². The van der Waals surface area contributed by atoms with E-state index in [2.05, 4.69) is 36.1 Å². The van der Waals surface area contributed by atoms with Crippen molar-refractivity contribution in [3.8, 4) is 0 Å².